The lowest BCUT2D eigenvalue weighted by molar-refractivity contribution is 1.28. The van der Waals surface area contributed by atoms with E-state index >= 15 is 0 Å². The molecule has 61 heavy (non-hydrogen) atoms. The summed E-state index contributed by atoms with van der Waals surface area (Å²) in [6.45, 7) is 0. The van der Waals surface area contributed by atoms with Crippen LogP contribution in [0.3, 0.4) is 0 Å². The van der Waals surface area contributed by atoms with E-state index in [0.29, 0.717) is 0 Å². The van der Waals surface area contributed by atoms with Crippen LogP contribution in [0.2, 0.25) is 0 Å². The Kier molecular flexibility index (Phi) is 8.62. The number of nitrogens with zero attached hydrogens (tertiary/aromatic N) is 1. The van der Waals surface area contributed by atoms with Crippen molar-refractivity contribution in [3.05, 3.63) is 224 Å². The van der Waals surface area contributed by atoms with Crippen molar-refractivity contribution in [1.29, 1.82) is 0 Å². The third-order valence-electron chi connectivity index (χ3n) is 12.1. The summed E-state index contributed by atoms with van der Waals surface area (Å²) >= 11 is 3.73. The second-order valence-electron chi connectivity index (χ2n) is 15.7. The third-order valence-corrected chi connectivity index (χ3v) is 14.3. The molecule has 0 amide bonds. The Morgan fingerprint density at radius 3 is 1.31 bits per heavy atom. The van der Waals surface area contributed by atoms with Gasteiger partial charge in [0.2, 0.25) is 0 Å². The summed E-state index contributed by atoms with van der Waals surface area (Å²) in [7, 11) is 0. The number of thiophene rings is 2. The SMILES string of the molecule is c1cc(-c2cccc(N(c3ccc(-c4ccc5c(c4)sc4ccccc45)cc3)c3ccc(-c4ccc5c(c4)sc4ccccc45)cc3)c2)cc(-c2cccc3ccccc23)c1. The van der Waals surface area contributed by atoms with Gasteiger partial charge in [-0.1, -0.05) is 158 Å². The monoisotopic (exact) mass is 811 g/mol. The van der Waals surface area contributed by atoms with Crippen molar-refractivity contribution in [2.24, 2.45) is 0 Å². The van der Waals surface area contributed by atoms with E-state index in [2.05, 4.69) is 229 Å². The molecule has 0 radical (unpaired) electrons. The summed E-state index contributed by atoms with van der Waals surface area (Å²) in [5.41, 5.74) is 13.0. The molecule has 3 heteroatoms. The standard InChI is InChI=1S/C58H37NS2/c1-2-16-49-40(10-1)11-9-19-50(49)45-14-7-12-41(34-45)42-13-8-15-48(35-42)59(46-28-22-38(23-29-46)43-26-32-53-51-17-3-5-20-55(51)60-57(53)36-43)47-30-24-39(25-31-47)44-27-33-54-52-18-4-6-21-56(52)61-58(54)37-44/h1-37H. The Morgan fingerprint density at radius 1 is 0.246 bits per heavy atom. The summed E-state index contributed by atoms with van der Waals surface area (Å²) in [5.74, 6) is 0. The lowest BCUT2D eigenvalue weighted by Crippen LogP contribution is -2.10. The Morgan fingerprint density at radius 2 is 0.689 bits per heavy atom. The van der Waals surface area contributed by atoms with Gasteiger partial charge in [-0.15, -0.1) is 22.7 Å². The fraction of sp³-hybridized carbons (Fsp3) is 0. The zero-order chi connectivity index (χ0) is 40.3. The molecule has 0 bridgehead atoms. The Labute approximate surface area is 362 Å². The van der Waals surface area contributed by atoms with Crippen LogP contribution < -0.4 is 4.90 Å². The number of fused-ring (bicyclic) bond motifs is 7. The minimum absolute atomic E-state index is 1.10. The molecule has 0 unspecified atom stereocenters. The van der Waals surface area contributed by atoms with Gasteiger partial charge in [0.15, 0.2) is 0 Å². The molecule has 286 valence electrons. The minimum atomic E-state index is 1.10. The van der Waals surface area contributed by atoms with Gasteiger partial charge in [0, 0.05) is 57.4 Å². The average molecular weight is 812 g/mol. The van der Waals surface area contributed by atoms with Crippen LogP contribution in [-0.2, 0) is 0 Å². The van der Waals surface area contributed by atoms with Gasteiger partial charge in [-0.2, -0.15) is 0 Å². The Bertz CT molecular complexity index is 3430. The molecule has 0 aliphatic carbocycles. The molecule has 0 aliphatic heterocycles. The highest BCUT2D eigenvalue weighted by atomic mass is 32.1. The first-order valence-corrected chi connectivity index (χ1v) is 22.4. The lowest BCUT2D eigenvalue weighted by Gasteiger charge is -2.26. The number of hydrogen-bond donors (Lipinski definition) is 0. The summed E-state index contributed by atoms with van der Waals surface area (Å²) < 4.78 is 5.29. The van der Waals surface area contributed by atoms with Gasteiger partial charge in [-0.05, 0) is 122 Å². The Hall–Kier alpha value is -7.30. The predicted molar refractivity (Wildman–Crippen MR) is 266 cm³/mol. The van der Waals surface area contributed by atoms with Crippen molar-refractivity contribution >= 4 is 90.9 Å². The topological polar surface area (TPSA) is 3.24 Å². The molecule has 0 saturated carbocycles. The highest BCUT2D eigenvalue weighted by molar-refractivity contribution is 7.26. The molecule has 0 spiro atoms. The van der Waals surface area contributed by atoms with Gasteiger partial charge in [0.05, 0.1) is 0 Å². The first-order valence-electron chi connectivity index (χ1n) is 20.7. The van der Waals surface area contributed by atoms with Gasteiger partial charge in [0.25, 0.3) is 0 Å². The van der Waals surface area contributed by atoms with Gasteiger partial charge < -0.3 is 4.90 Å². The molecule has 12 aromatic rings. The number of hydrogen-bond acceptors (Lipinski definition) is 3. The van der Waals surface area contributed by atoms with E-state index in [-0.39, 0.29) is 0 Å². The summed E-state index contributed by atoms with van der Waals surface area (Å²) in [5, 5.41) is 7.81. The minimum Gasteiger partial charge on any atom is -0.310 e. The smallest absolute Gasteiger partial charge is 0.0467 e. The largest absolute Gasteiger partial charge is 0.310 e. The molecule has 0 atom stereocenters. The first-order chi connectivity index (χ1) is 30.2. The molecule has 2 heterocycles. The first kappa shape index (κ1) is 35.6. The average Bonchev–Trinajstić information content (AvgIpc) is 3.90. The molecule has 0 aliphatic rings. The van der Waals surface area contributed by atoms with Crippen LogP contribution in [0, 0.1) is 0 Å². The maximum Gasteiger partial charge on any atom is 0.0467 e. The number of anilines is 3. The maximum absolute atomic E-state index is 2.38. The molecule has 2 aromatic heterocycles. The highest BCUT2D eigenvalue weighted by Crippen LogP contribution is 2.42. The normalized spacial score (nSPS) is 11.6. The van der Waals surface area contributed by atoms with E-state index < -0.39 is 0 Å². The molecule has 1 nitrogen and oxygen atoms in total. The van der Waals surface area contributed by atoms with Crippen LogP contribution in [0.1, 0.15) is 0 Å². The van der Waals surface area contributed by atoms with E-state index in [1.807, 2.05) is 22.7 Å². The highest BCUT2D eigenvalue weighted by Gasteiger charge is 2.16. The number of rotatable bonds is 7. The molecule has 0 saturated heterocycles. The van der Waals surface area contributed by atoms with Crippen LogP contribution in [-0.4, -0.2) is 0 Å². The van der Waals surface area contributed by atoms with Gasteiger partial charge in [0.1, 0.15) is 0 Å². The fourth-order valence-electron chi connectivity index (χ4n) is 9.03. The van der Waals surface area contributed by atoms with Crippen molar-refractivity contribution in [3.63, 3.8) is 0 Å². The van der Waals surface area contributed by atoms with Crippen LogP contribution in [0.15, 0.2) is 224 Å². The summed E-state index contributed by atoms with van der Waals surface area (Å²) in [6.07, 6.45) is 0. The van der Waals surface area contributed by atoms with Crippen molar-refractivity contribution < 1.29 is 0 Å². The Balaban J connectivity index is 0.932. The van der Waals surface area contributed by atoms with Crippen molar-refractivity contribution in [2.75, 3.05) is 4.90 Å². The fourth-order valence-corrected chi connectivity index (χ4v) is 11.3. The molecular formula is C58H37NS2. The molecular weight excluding hydrogens is 775 g/mol. The summed E-state index contributed by atoms with van der Waals surface area (Å²) in [4.78, 5) is 2.38. The molecule has 10 aromatic carbocycles. The van der Waals surface area contributed by atoms with Crippen molar-refractivity contribution in [2.45, 2.75) is 0 Å². The van der Waals surface area contributed by atoms with Crippen molar-refractivity contribution in [3.8, 4) is 44.5 Å². The van der Waals surface area contributed by atoms with Crippen LogP contribution in [0.4, 0.5) is 17.1 Å². The molecule has 0 fully saturated rings. The quantitative estimate of drug-likeness (QED) is 0.155. The predicted octanol–water partition coefficient (Wildman–Crippen LogP) is 17.7. The number of benzene rings is 10. The second-order valence-corrected chi connectivity index (χ2v) is 17.9. The third kappa shape index (κ3) is 6.38. The second kappa shape index (κ2) is 14.8. The molecule has 0 N–H and O–H groups in total. The van der Waals surface area contributed by atoms with E-state index in [4.69, 9.17) is 0 Å². The maximum atomic E-state index is 2.38. The van der Waals surface area contributed by atoms with Gasteiger partial charge in [-0.25, -0.2) is 0 Å². The van der Waals surface area contributed by atoms with E-state index in [9.17, 15) is 0 Å². The summed E-state index contributed by atoms with van der Waals surface area (Å²) in [6, 6.07) is 82.5. The lowest BCUT2D eigenvalue weighted by atomic mass is 9.95. The van der Waals surface area contributed by atoms with Crippen LogP contribution in [0.5, 0.6) is 0 Å². The van der Waals surface area contributed by atoms with E-state index in [1.165, 1.54) is 95.6 Å². The van der Waals surface area contributed by atoms with E-state index in [0.717, 1.165) is 17.1 Å². The zero-order valence-electron chi connectivity index (χ0n) is 33.1. The zero-order valence-corrected chi connectivity index (χ0v) is 34.8. The van der Waals surface area contributed by atoms with Crippen LogP contribution in [0.25, 0.3) is 95.6 Å². The molecule has 12 rings (SSSR count). The van der Waals surface area contributed by atoms with Crippen molar-refractivity contribution in [1.82, 2.24) is 0 Å². The van der Waals surface area contributed by atoms with Crippen LogP contribution >= 0.6 is 22.7 Å². The van der Waals surface area contributed by atoms with E-state index in [1.54, 1.807) is 0 Å². The van der Waals surface area contributed by atoms with Gasteiger partial charge in [-0.3, -0.25) is 0 Å². The van der Waals surface area contributed by atoms with Gasteiger partial charge >= 0.3 is 0 Å².